The highest BCUT2D eigenvalue weighted by Gasteiger charge is 2.30. The minimum Gasteiger partial charge on any atom is -0.479 e. The number of fused-ring (bicyclic) bond motifs is 1. The quantitative estimate of drug-likeness (QED) is 0.225. The minimum atomic E-state index is -4.28. The Morgan fingerprint density at radius 2 is 1.54 bits per heavy atom. The van der Waals surface area contributed by atoms with Crippen molar-refractivity contribution < 1.29 is 28.2 Å². The molecule has 0 unspecified atom stereocenters. The second-order valence-electron chi connectivity index (χ2n) is 8.70. The molecular weight excluding hydrogens is 479 g/mol. The number of nitrogens with one attached hydrogen (secondary N) is 1. The van der Waals surface area contributed by atoms with Gasteiger partial charge in [0.15, 0.2) is 6.10 Å². The SMILES string of the molecule is C[C@@H](NCCCc1cccc(C(F)(F)F)c1)c1cccc2ccccc12.O=C(O)[C@H](O)c1ccccc1. The molecule has 4 nitrogen and oxygen atoms in total. The second-order valence-corrected chi connectivity index (χ2v) is 8.70. The molecule has 0 radical (unpaired) electrons. The van der Waals surface area contributed by atoms with E-state index in [1.807, 2.05) is 12.1 Å². The van der Waals surface area contributed by atoms with Gasteiger partial charge in [0.2, 0.25) is 0 Å². The molecule has 4 aromatic carbocycles. The van der Waals surface area contributed by atoms with Crippen molar-refractivity contribution >= 4 is 16.7 Å². The number of carboxylic acids is 1. The Balaban J connectivity index is 0.000000289. The van der Waals surface area contributed by atoms with Crippen molar-refractivity contribution in [1.29, 1.82) is 0 Å². The van der Waals surface area contributed by atoms with Crippen LogP contribution in [-0.2, 0) is 17.4 Å². The van der Waals surface area contributed by atoms with Crippen LogP contribution in [0.25, 0.3) is 10.8 Å². The van der Waals surface area contributed by atoms with Crippen molar-refractivity contribution in [1.82, 2.24) is 5.32 Å². The maximum atomic E-state index is 12.8. The average molecular weight is 510 g/mol. The van der Waals surface area contributed by atoms with Gasteiger partial charge in [-0.05, 0) is 59.8 Å². The molecule has 0 aromatic heterocycles. The molecule has 0 heterocycles. The molecule has 0 aliphatic carbocycles. The summed E-state index contributed by atoms with van der Waals surface area (Å²) in [4.78, 5) is 10.2. The fraction of sp³-hybridized carbons (Fsp3) is 0.233. The van der Waals surface area contributed by atoms with Crippen molar-refractivity contribution in [3.8, 4) is 0 Å². The number of aliphatic carboxylic acids is 1. The topological polar surface area (TPSA) is 69.6 Å². The van der Waals surface area contributed by atoms with Gasteiger partial charge in [-0.2, -0.15) is 13.2 Å². The fourth-order valence-electron chi connectivity index (χ4n) is 4.03. The van der Waals surface area contributed by atoms with Crippen LogP contribution in [0.15, 0.2) is 97.1 Å². The van der Waals surface area contributed by atoms with Crippen LogP contribution in [0.1, 0.15) is 47.7 Å². The van der Waals surface area contributed by atoms with Crippen LogP contribution < -0.4 is 5.32 Å². The number of alkyl halides is 3. The highest BCUT2D eigenvalue weighted by Crippen LogP contribution is 2.30. The first-order chi connectivity index (χ1) is 17.7. The van der Waals surface area contributed by atoms with Crippen molar-refractivity contribution in [2.45, 2.75) is 38.1 Å². The Morgan fingerprint density at radius 1 is 0.892 bits per heavy atom. The number of benzene rings is 4. The van der Waals surface area contributed by atoms with E-state index in [0.29, 0.717) is 12.0 Å². The molecule has 7 heteroatoms. The first-order valence-corrected chi connectivity index (χ1v) is 12.0. The molecule has 0 amide bonds. The molecule has 0 bridgehead atoms. The highest BCUT2D eigenvalue weighted by atomic mass is 19.4. The molecule has 37 heavy (non-hydrogen) atoms. The number of aliphatic hydroxyl groups excluding tert-OH is 1. The van der Waals surface area contributed by atoms with Crippen LogP contribution in [0.3, 0.4) is 0 Å². The lowest BCUT2D eigenvalue weighted by Gasteiger charge is -2.17. The molecule has 2 atom stereocenters. The van der Waals surface area contributed by atoms with Gasteiger partial charge >= 0.3 is 12.1 Å². The Labute approximate surface area is 214 Å². The number of hydrogen-bond acceptors (Lipinski definition) is 3. The summed E-state index contributed by atoms with van der Waals surface area (Å²) in [5.74, 6) is -1.23. The Morgan fingerprint density at radius 3 is 2.24 bits per heavy atom. The molecule has 0 saturated heterocycles. The fourth-order valence-corrected chi connectivity index (χ4v) is 4.03. The first kappa shape index (κ1) is 27.9. The van der Waals surface area contributed by atoms with Gasteiger partial charge in [-0.25, -0.2) is 4.79 Å². The Hall–Kier alpha value is -3.68. The summed E-state index contributed by atoms with van der Waals surface area (Å²) >= 11 is 0. The van der Waals surface area contributed by atoms with E-state index >= 15 is 0 Å². The zero-order chi connectivity index (χ0) is 26.8. The van der Waals surface area contributed by atoms with Crippen LogP contribution >= 0.6 is 0 Å². The summed E-state index contributed by atoms with van der Waals surface area (Å²) in [6.45, 7) is 2.87. The number of hydrogen-bond donors (Lipinski definition) is 3. The number of rotatable bonds is 8. The molecule has 0 aliphatic heterocycles. The molecule has 4 rings (SSSR count). The predicted octanol–water partition coefficient (Wildman–Crippen LogP) is 6.95. The van der Waals surface area contributed by atoms with E-state index in [2.05, 4.69) is 42.6 Å². The number of carboxylic acid groups (broad SMARTS) is 1. The number of carbonyl (C=O) groups is 1. The van der Waals surface area contributed by atoms with Crippen LogP contribution in [0.2, 0.25) is 0 Å². The monoisotopic (exact) mass is 509 g/mol. The minimum absolute atomic E-state index is 0.183. The summed E-state index contributed by atoms with van der Waals surface area (Å²) < 4.78 is 38.3. The van der Waals surface area contributed by atoms with Gasteiger partial charge in [0.25, 0.3) is 0 Å². The summed E-state index contributed by atoms with van der Waals surface area (Å²) in [6.07, 6.45) is -4.27. The van der Waals surface area contributed by atoms with Crippen molar-refractivity contribution in [3.05, 3.63) is 119 Å². The normalized spacial score (nSPS) is 12.9. The van der Waals surface area contributed by atoms with E-state index in [1.54, 1.807) is 36.4 Å². The number of aryl methyl sites for hydroxylation is 1. The zero-order valence-electron chi connectivity index (χ0n) is 20.5. The van der Waals surface area contributed by atoms with Gasteiger partial charge in [0, 0.05) is 6.04 Å². The van der Waals surface area contributed by atoms with Crippen LogP contribution in [0.5, 0.6) is 0 Å². The molecular formula is C30H30F3NO3. The Kier molecular flexibility index (Phi) is 9.83. The van der Waals surface area contributed by atoms with Gasteiger partial charge in [-0.1, -0.05) is 91.0 Å². The molecule has 0 saturated carbocycles. The molecule has 194 valence electrons. The first-order valence-electron chi connectivity index (χ1n) is 12.0. The number of halogens is 3. The largest absolute Gasteiger partial charge is 0.479 e. The van der Waals surface area contributed by atoms with Gasteiger partial charge in [-0.3, -0.25) is 0 Å². The predicted molar refractivity (Wildman–Crippen MR) is 139 cm³/mol. The van der Waals surface area contributed by atoms with Gasteiger partial charge in [0.1, 0.15) is 0 Å². The molecule has 0 spiro atoms. The summed E-state index contributed by atoms with van der Waals surface area (Å²) in [5.41, 5.74) is 1.79. The van der Waals surface area contributed by atoms with Crippen molar-refractivity contribution in [3.63, 3.8) is 0 Å². The lowest BCUT2D eigenvalue weighted by Crippen LogP contribution is -2.20. The maximum Gasteiger partial charge on any atom is 0.416 e. The van der Waals surface area contributed by atoms with Crippen molar-refractivity contribution in [2.24, 2.45) is 0 Å². The van der Waals surface area contributed by atoms with Crippen LogP contribution in [0.4, 0.5) is 13.2 Å². The van der Waals surface area contributed by atoms with Gasteiger partial charge in [-0.15, -0.1) is 0 Å². The smallest absolute Gasteiger partial charge is 0.416 e. The van der Waals surface area contributed by atoms with Crippen molar-refractivity contribution in [2.75, 3.05) is 6.54 Å². The molecule has 0 fully saturated rings. The van der Waals surface area contributed by atoms with Crippen LogP contribution in [0, 0.1) is 0 Å². The van der Waals surface area contributed by atoms with E-state index in [0.717, 1.165) is 24.6 Å². The second kappa shape index (κ2) is 13.0. The van der Waals surface area contributed by atoms with E-state index in [1.165, 1.54) is 28.5 Å². The van der Waals surface area contributed by atoms with Crippen LogP contribution in [-0.4, -0.2) is 22.7 Å². The zero-order valence-corrected chi connectivity index (χ0v) is 20.5. The summed E-state index contributed by atoms with van der Waals surface area (Å²) in [7, 11) is 0. The van der Waals surface area contributed by atoms with E-state index in [4.69, 9.17) is 10.2 Å². The Bertz CT molecular complexity index is 1290. The highest BCUT2D eigenvalue weighted by molar-refractivity contribution is 5.86. The van der Waals surface area contributed by atoms with Gasteiger partial charge < -0.3 is 15.5 Å². The third-order valence-corrected chi connectivity index (χ3v) is 5.99. The summed E-state index contributed by atoms with van der Waals surface area (Å²) in [6, 6.07) is 28.6. The van der Waals surface area contributed by atoms with E-state index in [9.17, 15) is 18.0 Å². The lowest BCUT2D eigenvalue weighted by molar-refractivity contribution is -0.147. The van der Waals surface area contributed by atoms with E-state index in [-0.39, 0.29) is 6.04 Å². The third kappa shape index (κ3) is 8.17. The van der Waals surface area contributed by atoms with Gasteiger partial charge in [0.05, 0.1) is 5.56 Å². The summed E-state index contributed by atoms with van der Waals surface area (Å²) in [5, 5.41) is 23.3. The number of aliphatic hydroxyl groups is 1. The third-order valence-electron chi connectivity index (χ3n) is 5.99. The molecule has 4 aromatic rings. The standard InChI is InChI=1S/C22H22F3N.C8H8O3/c1-16(20-13-5-10-18-9-2-3-12-21(18)20)26-14-6-8-17-7-4-11-19(15-17)22(23,24)25;9-7(8(10)11)6-4-2-1-3-5-6/h2-5,7,9-13,15-16,26H,6,8,14H2,1H3;1-5,7,9H,(H,10,11)/t16-;7-/m11/s1. The molecule has 3 N–H and O–H groups in total. The average Bonchev–Trinajstić information content (AvgIpc) is 2.90. The lowest BCUT2D eigenvalue weighted by atomic mass is 9.99. The maximum absolute atomic E-state index is 12.8. The van der Waals surface area contributed by atoms with E-state index < -0.39 is 23.8 Å². The molecule has 0 aliphatic rings.